The molecule has 2 unspecified atom stereocenters. The van der Waals surface area contributed by atoms with Crippen molar-refractivity contribution in [2.24, 2.45) is 0 Å². The second-order valence-electron chi connectivity index (χ2n) is 5.10. The van der Waals surface area contributed by atoms with Crippen LogP contribution in [-0.2, 0) is 0 Å². The standard InChI is InChI=1S/C11H26NO2/c1-5-6-7-8-10(13)11(14)9-12(2,3)4/h10-11,13-14H,5-9H2,1-4H3/q+1. The molecule has 0 aromatic heterocycles. The van der Waals surface area contributed by atoms with Crippen molar-refractivity contribution in [2.75, 3.05) is 27.7 Å². The molecule has 0 aliphatic carbocycles. The third kappa shape index (κ3) is 7.30. The zero-order valence-corrected chi connectivity index (χ0v) is 10.0. The Morgan fingerprint density at radius 1 is 1.00 bits per heavy atom. The minimum atomic E-state index is -0.591. The highest BCUT2D eigenvalue weighted by atomic mass is 16.3. The van der Waals surface area contributed by atoms with E-state index in [4.69, 9.17) is 0 Å². The summed E-state index contributed by atoms with van der Waals surface area (Å²) in [6, 6.07) is 0. The zero-order valence-electron chi connectivity index (χ0n) is 10.0. The quantitative estimate of drug-likeness (QED) is 0.480. The zero-order chi connectivity index (χ0) is 11.2. The lowest BCUT2D eigenvalue weighted by molar-refractivity contribution is -0.874. The molecule has 0 aliphatic heterocycles. The minimum Gasteiger partial charge on any atom is -0.390 e. The molecule has 0 rings (SSSR count). The highest BCUT2D eigenvalue weighted by Crippen LogP contribution is 2.08. The maximum absolute atomic E-state index is 9.69. The number of aliphatic hydroxyl groups excluding tert-OH is 2. The molecular weight excluding hydrogens is 178 g/mol. The van der Waals surface area contributed by atoms with Gasteiger partial charge in [0.25, 0.3) is 0 Å². The van der Waals surface area contributed by atoms with Crippen molar-refractivity contribution in [1.82, 2.24) is 0 Å². The van der Waals surface area contributed by atoms with E-state index in [1.54, 1.807) is 0 Å². The number of unbranched alkanes of at least 4 members (excludes halogenated alkanes) is 2. The lowest BCUT2D eigenvalue weighted by Crippen LogP contribution is -2.45. The molecule has 0 spiro atoms. The molecule has 0 amide bonds. The van der Waals surface area contributed by atoms with E-state index in [9.17, 15) is 10.2 Å². The predicted molar refractivity (Wildman–Crippen MR) is 59.1 cm³/mol. The van der Waals surface area contributed by atoms with Gasteiger partial charge in [-0.25, -0.2) is 0 Å². The molecule has 0 saturated carbocycles. The summed E-state index contributed by atoms with van der Waals surface area (Å²) in [7, 11) is 6.05. The molecule has 2 N–H and O–H groups in total. The van der Waals surface area contributed by atoms with Crippen molar-refractivity contribution in [3.63, 3.8) is 0 Å². The molecule has 0 radical (unpaired) electrons. The van der Waals surface area contributed by atoms with Crippen molar-refractivity contribution in [1.29, 1.82) is 0 Å². The van der Waals surface area contributed by atoms with Crippen molar-refractivity contribution in [3.05, 3.63) is 0 Å². The molecule has 0 aromatic rings. The third-order valence-electron chi connectivity index (χ3n) is 2.28. The summed E-state index contributed by atoms with van der Waals surface area (Å²) in [6.07, 6.45) is 2.86. The second kappa shape index (κ2) is 6.38. The second-order valence-corrected chi connectivity index (χ2v) is 5.10. The average Bonchev–Trinajstić information content (AvgIpc) is 2.01. The molecular formula is C11H26NO2+. The van der Waals surface area contributed by atoms with Crippen molar-refractivity contribution >= 4 is 0 Å². The fourth-order valence-corrected chi connectivity index (χ4v) is 1.48. The first-order valence-corrected chi connectivity index (χ1v) is 5.53. The fourth-order valence-electron chi connectivity index (χ4n) is 1.48. The smallest absolute Gasteiger partial charge is 0.129 e. The highest BCUT2D eigenvalue weighted by molar-refractivity contribution is 4.66. The van der Waals surface area contributed by atoms with E-state index in [1.165, 1.54) is 0 Å². The van der Waals surface area contributed by atoms with Gasteiger partial charge in [-0.3, -0.25) is 0 Å². The van der Waals surface area contributed by atoms with Crippen LogP contribution in [0, 0.1) is 0 Å². The van der Waals surface area contributed by atoms with E-state index in [1.807, 2.05) is 21.1 Å². The summed E-state index contributed by atoms with van der Waals surface area (Å²) in [5.41, 5.74) is 0. The molecule has 0 bridgehead atoms. The van der Waals surface area contributed by atoms with Crippen LogP contribution >= 0.6 is 0 Å². The first-order chi connectivity index (χ1) is 6.37. The Balaban J connectivity index is 3.70. The molecule has 0 fully saturated rings. The van der Waals surface area contributed by atoms with Gasteiger partial charge >= 0.3 is 0 Å². The Labute approximate surface area is 87.9 Å². The van der Waals surface area contributed by atoms with Gasteiger partial charge in [0, 0.05) is 0 Å². The van der Waals surface area contributed by atoms with Gasteiger partial charge in [-0.05, 0) is 6.42 Å². The first-order valence-electron chi connectivity index (χ1n) is 5.53. The predicted octanol–water partition coefficient (Wildman–Crippen LogP) is 0.995. The van der Waals surface area contributed by atoms with Crippen LogP contribution in [0.15, 0.2) is 0 Å². The summed E-state index contributed by atoms with van der Waals surface area (Å²) in [4.78, 5) is 0. The van der Waals surface area contributed by atoms with Gasteiger partial charge in [0.15, 0.2) is 0 Å². The first kappa shape index (κ1) is 13.9. The van der Waals surface area contributed by atoms with Crippen LogP contribution in [0.2, 0.25) is 0 Å². The molecule has 3 heteroatoms. The molecule has 0 heterocycles. The third-order valence-corrected chi connectivity index (χ3v) is 2.28. The van der Waals surface area contributed by atoms with E-state index < -0.39 is 12.2 Å². The van der Waals surface area contributed by atoms with Crippen molar-refractivity contribution in [2.45, 2.75) is 44.8 Å². The van der Waals surface area contributed by atoms with Crippen LogP contribution in [0.3, 0.4) is 0 Å². The summed E-state index contributed by atoms with van der Waals surface area (Å²) >= 11 is 0. The van der Waals surface area contributed by atoms with Gasteiger partial charge < -0.3 is 14.7 Å². The highest BCUT2D eigenvalue weighted by Gasteiger charge is 2.22. The van der Waals surface area contributed by atoms with E-state index >= 15 is 0 Å². The average molecular weight is 204 g/mol. The monoisotopic (exact) mass is 204 g/mol. The Kier molecular flexibility index (Phi) is 6.33. The van der Waals surface area contributed by atoms with Crippen LogP contribution in [0.5, 0.6) is 0 Å². The molecule has 14 heavy (non-hydrogen) atoms. The number of nitrogens with zero attached hydrogens (tertiary/aromatic N) is 1. The van der Waals surface area contributed by atoms with E-state index in [-0.39, 0.29) is 0 Å². The summed E-state index contributed by atoms with van der Waals surface area (Å²) in [6.45, 7) is 2.74. The van der Waals surface area contributed by atoms with E-state index in [0.29, 0.717) is 11.0 Å². The van der Waals surface area contributed by atoms with Crippen LogP contribution in [0.1, 0.15) is 32.6 Å². The van der Waals surface area contributed by atoms with Crippen molar-refractivity contribution in [3.8, 4) is 0 Å². The Morgan fingerprint density at radius 2 is 1.57 bits per heavy atom. The van der Waals surface area contributed by atoms with Crippen LogP contribution < -0.4 is 0 Å². The molecule has 0 saturated heterocycles. The normalized spacial score (nSPS) is 16.7. The Hall–Kier alpha value is -0.120. The minimum absolute atomic E-state index is 0.557. The molecule has 2 atom stereocenters. The summed E-state index contributed by atoms with van der Waals surface area (Å²) in [5, 5.41) is 19.3. The fraction of sp³-hybridized carbons (Fsp3) is 1.00. The van der Waals surface area contributed by atoms with Gasteiger partial charge in [0.2, 0.25) is 0 Å². The Bertz CT molecular complexity index is 143. The largest absolute Gasteiger partial charge is 0.390 e. The van der Waals surface area contributed by atoms with Crippen LogP contribution in [0.4, 0.5) is 0 Å². The lowest BCUT2D eigenvalue weighted by atomic mass is 10.1. The SMILES string of the molecule is CCCCCC(O)C(O)C[N+](C)(C)C. The van der Waals surface area contributed by atoms with Gasteiger partial charge in [-0.2, -0.15) is 0 Å². The van der Waals surface area contributed by atoms with Crippen LogP contribution in [-0.4, -0.2) is 54.6 Å². The molecule has 86 valence electrons. The molecule has 0 aliphatic rings. The van der Waals surface area contributed by atoms with Gasteiger partial charge in [0.1, 0.15) is 12.6 Å². The van der Waals surface area contributed by atoms with Crippen LogP contribution in [0.25, 0.3) is 0 Å². The maximum Gasteiger partial charge on any atom is 0.129 e. The molecule has 0 aromatic carbocycles. The maximum atomic E-state index is 9.69. The van der Waals surface area contributed by atoms with E-state index in [0.717, 1.165) is 25.7 Å². The van der Waals surface area contributed by atoms with Gasteiger partial charge in [0.05, 0.1) is 27.2 Å². The van der Waals surface area contributed by atoms with E-state index in [2.05, 4.69) is 6.92 Å². The number of rotatable bonds is 7. The van der Waals surface area contributed by atoms with Crippen molar-refractivity contribution < 1.29 is 14.7 Å². The van der Waals surface area contributed by atoms with Gasteiger partial charge in [-0.1, -0.05) is 26.2 Å². The molecule has 3 nitrogen and oxygen atoms in total. The number of hydrogen-bond donors (Lipinski definition) is 2. The number of quaternary nitrogens is 1. The number of hydrogen-bond acceptors (Lipinski definition) is 2. The number of likely N-dealkylation sites (N-methyl/N-ethyl adjacent to an activating group) is 1. The summed E-state index contributed by atoms with van der Waals surface area (Å²) in [5.74, 6) is 0. The topological polar surface area (TPSA) is 40.5 Å². The lowest BCUT2D eigenvalue weighted by Gasteiger charge is -2.28. The number of aliphatic hydroxyl groups is 2. The summed E-state index contributed by atoms with van der Waals surface area (Å²) < 4.78 is 0.687. The Morgan fingerprint density at radius 3 is 2.00 bits per heavy atom. The van der Waals surface area contributed by atoms with Gasteiger partial charge in [-0.15, -0.1) is 0 Å².